The number of hydrogen-bond donors (Lipinski definition) is 0. The van der Waals surface area contributed by atoms with Gasteiger partial charge < -0.3 is 0 Å². The summed E-state index contributed by atoms with van der Waals surface area (Å²) in [6.07, 6.45) is 0. The second-order valence-corrected chi connectivity index (χ2v) is 0. The molecular weight excluding hydrogens is 75.6 g/mol. The van der Waals surface area contributed by atoms with Crippen molar-refractivity contribution in [1.29, 1.82) is 0 Å². The summed E-state index contributed by atoms with van der Waals surface area (Å²) in [5.74, 6) is 0. The monoisotopic (exact) mass is 80.0 g/mol. The summed E-state index contributed by atoms with van der Waals surface area (Å²) in [4.78, 5) is 0. The van der Waals surface area contributed by atoms with Crippen LogP contribution in [0.15, 0.2) is 0 Å². The molecule has 0 saturated heterocycles. The van der Waals surface area contributed by atoms with Gasteiger partial charge in [-0.2, -0.15) is 0 Å². The van der Waals surface area contributed by atoms with E-state index in [0.29, 0.717) is 0 Å². The van der Waals surface area contributed by atoms with Gasteiger partial charge in [0, 0.05) is 16.8 Å². The Hall–Kier alpha value is 1.19. The molecule has 0 heterocycles. The summed E-state index contributed by atoms with van der Waals surface area (Å²) in [6.45, 7) is 0. The summed E-state index contributed by atoms with van der Waals surface area (Å²) >= 11 is 0. The van der Waals surface area contributed by atoms with Gasteiger partial charge in [-0.3, -0.25) is 0 Å². The van der Waals surface area contributed by atoms with Gasteiger partial charge in [0.1, 0.15) is 0 Å². The summed E-state index contributed by atoms with van der Waals surface area (Å²) in [7, 11) is 0. The van der Waals surface area contributed by atoms with Crippen LogP contribution >= 0.6 is 0 Å². The van der Waals surface area contributed by atoms with Crippen LogP contribution in [-0.2, 0) is 0 Å². The van der Waals surface area contributed by atoms with Gasteiger partial charge in [-0.25, -0.2) is 0 Å². The molecule has 8 radical (unpaired) electrons. The molecule has 4 heteroatoms. The average Bonchev–Trinajstić information content (AvgIpc) is 0. The maximum absolute atomic E-state index is 0. The minimum atomic E-state index is 0. The van der Waals surface area contributed by atoms with Crippen molar-refractivity contribution in [3.63, 3.8) is 0 Å². The molecule has 0 spiro atoms. The number of rotatable bonds is 0. The molecule has 0 bridgehead atoms. The molecule has 0 nitrogen and oxygen atoms in total. The molecule has 0 N–H and O–H groups in total. The van der Waals surface area contributed by atoms with E-state index in [1.54, 1.807) is 0 Å². The molecule has 0 aliphatic carbocycles. The normalized spacial score (nSPS) is 0. The van der Waals surface area contributed by atoms with Crippen LogP contribution in [0.2, 0.25) is 0 Å². The first-order chi connectivity index (χ1) is 0. The zero-order valence-electron chi connectivity index (χ0n) is 1.86. The van der Waals surface area contributed by atoms with Crippen LogP contribution in [0.25, 0.3) is 0 Å². The first kappa shape index (κ1) is 64.0. The van der Waals surface area contributed by atoms with Crippen molar-refractivity contribution in [2.75, 3.05) is 0 Å². The molecule has 16 valence electrons. The highest BCUT2D eigenvalue weighted by Gasteiger charge is 0.187. The van der Waals surface area contributed by atoms with Crippen molar-refractivity contribution in [2.24, 2.45) is 0 Å². The lowest BCUT2D eigenvalue weighted by atomic mass is 10.8. The Morgan fingerprint density at radius 3 is 0.750 bits per heavy atom. The smallest absolute Gasteiger partial charge is 0 e. The van der Waals surface area contributed by atoms with E-state index in [-0.39, 0.29) is 51.5 Å². The van der Waals surface area contributed by atoms with E-state index in [1.807, 2.05) is 0 Å². The molecular formula is H4Al2B2. The highest BCUT2D eigenvalue weighted by Crippen LogP contribution is -0.378. The molecule has 4 heavy (non-hydrogen) atoms. The lowest BCUT2D eigenvalue weighted by Crippen LogP contribution is -0.382. The van der Waals surface area contributed by atoms with Crippen LogP contribution in [0.1, 0.15) is 0 Å². The minimum absolute atomic E-state index is 0. The Balaban J connectivity index is 0. The number of hydrogen-bond acceptors (Lipinski definition) is 0. The first-order valence-corrected chi connectivity index (χ1v) is 0. The van der Waals surface area contributed by atoms with E-state index in [4.69, 9.17) is 0 Å². The van der Waals surface area contributed by atoms with Gasteiger partial charge in [0.15, 0.2) is 17.4 Å². The molecule has 0 aliphatic rings. The molecule has 0 aromatic rings. The average molecular weight is 79.6 g/mol. The molecule has 0 atom stereocenters. The van der Waals surface area contributed by atoms with Gasteiger partial charge in [-0.05, 0) is 0 Å². The van der Waals surface area contributed by atoms with Gasteiger partial charge in [-0.15, -0.1) is 0 Å². The van der Waals surface area contributed by atoms with E-state index < -0.39 is 0 Å². The van der Waals surface area contributed by atoms with Crippen molar-refractivity contribution >= 4 is 51.5 Å². The molecule has 0 unspecified atom stereocenters. The summed E-state index contributed by atoms with van der Waals surface area (Å²) in [6, 6.07) is 0. The third kappa shape index (κ3) is 10.8. The fraction of sp³-hybridized carbons (Fsp3) is 0. The zero-order valence-corrected chi connectivity index (χ0v) is 3.28. The predicted molar refractivity (Wildman–Crippen MR) is 28.6 cm³/mol. The zero-order chi connectivity index (χ0) is 0. The lowest BCUT2D eigenvalue weighted by Gasteiger charge is -0.001000. The van der Waals surface area contributed by atoms with E-state index in [2.05, 4.69) is 0 Å². The van der Waals surface area contributed by atoms with E-state index in [0.717, 1.165) is 0 Å². The lowest BCUT2D eigenvalue weighted by molar-refractivity contribution is 5.75. The van der Waals surface area contributed by atoms with Gasteiger partial charge in [-0.1, -0.05) is 0 Å². The highest BCUT2D eigenvalue weighted by molar-refractivity contribution is 5.76. The molecule has 0 aliphatic heterocycles. The first-order valence-electron chi connectivity index (χ1n) is 0. The van der Waals surface area contributed by atoms with Crippen LogP contribution in [0.3, 0.4) is 0 Å². The van der Waals surface area contributed by atoms with Crippen LogP contribution in [0.4, 0.5) is 0 Å². The van der Waals surface area contributed by atoms with Crippen molar-refractivity contribution < 1.29 is 0 Å². The van der Waals surface area contributed by atoms with E-state index >= 15 is 0 Å². The fourth-order valence-electron chi connectivity index (χ4n) is 0. The van der Waals surface area contributed by atoms with Crippen LogP contribution in [0, 0.1) is 0 Å². The third-order valence-electron chi connectivity index (χ3n) is 0. The largest absolute Gasteiger partial charge is 0.187 e. The highest BCUT2D eigenvalue weighted by atomic mass is 27.0. The van der Waals surface area contributed by atoms with Crippen molar-refractivity contribution in [2.45, 2.75) is 0 Å². The molecule has 0 amide bonds. The molecule has 0 rings (SSSR count). The van der Waals surface area contributed by atoms with Gasteiger partial charge >= 0.3 is 0 Å². The van der Waals surface area contributed by atoms with Crippen molar-refractivity contribution in [3.05, 3.63) is 0 Å². The Bertz CT molecular complexity index is 4.00. The standard InChI is InChI=1S/2Al.2B.4H. The summed E-state index contributed by atoms with van der Waals surface area (Å²) < 4.78 is 0. The van der Waals surface area contributed by atoms with Gasteiger partial charge in [0.05, 0.1) is 17.4 Å². The third-order valence-corrected chi connectivity index (χ3v) is 0. The van der Waals surface area contributed by atoms with Gasteiger partial charge in [0.2, 0.25) is 0 Å². The van der Waals surface area contributed by atoms with Crippen LogP contribution in [-0.4, -0.2) is 51.5 Å². The van der Waals surface area contributed by atoms with Crippen LogP contribution in [0.5, 0.6) is 0 Å². The van der Waals surface area contributed by atoms with Crippen LogP contribution < -0.4 is 0 Å². The van der Waals surface area contributed by atoms with Gasteiger partial charge in [0.25, 0.3) is 0 Å². The maximum Gasteiger partial charge on any atom is 0.187 e. The molecule has 0 aromatic heterocycles. The van der Waals surface area contributed by atoms with E-state index in [1.165, 1.54) is 0 Å². The SMILES string of the molecule is [AlH3].[AlH].[B].[B]. The molecule has 0 fully saturated rings. The summed E-state index contributed by atoms with van der Waals surface area (Å²) in [5.41, 5.74) is 0. The quantitative estimate of drug-likeness (QED) is 0.280. The second-order valence-electron chi connectivity index (χ2n) is 0. The Kier molecular flexibility index (Phi) is 480. The predicted octanol–water partition coefficient (Wildman–Crippen LogP) is -2.59. The topological polar surface area (TPSA) is 0 Å². The van der Waals surface area contributed by atoms with Crippen molar-refractivity contribution in [1.82, 2.24) is 0 Å². The second kappa shape index (κ2) is 30.0. The Morgan fingerprint density at radius 2 is 0.750 bits per heavy atom. The minimum Gasteiger partial charge on any atom is 0 e. The molecule has 0 saturated carbocycles. The Morgan fingerprint density at radius 1 is 0.750 bits per heavy atom. The Labute approximate surface area is 51.8 Å². The summed E-state index contributed by atoms with van der Waals surface area (Å²) in [5, 5.41) is 0. The molecule has 0 aromatic carbocycles. The van der Waals surface area contributed by atoms with E-state index in [9.17, 15) is 0 Å². The van der Waals surface area contributed by atoms with Crippen molar-refractivity contribution in [3.8, 4) is 0 Å². The fourth-order valence-corrected chi connectivity index (χ4v) is 0. The maximum atomic E-state index is 0.